The molecule has 0 fully saturated rings. The van der Waals surface area contributed by atoms with Crippen LogP contribution in [0.5, 0.6) is 0 Å². The maximum Gasteiger partial charge on any atom is 0.291 e. The van der Waals surface area contributed by atoms with E-state index in [0.717, 1.165) is 23.1 Å². The van der Waals surface area contributed by atoms with Gasteiger partial charge in [0, 0.05) is 30.2 Å². The van der Waals surface area contributed by atoms with Gasteiger partial charge < -0.3 is 14.6 Å². The Balaban J connectivity index is 1.60. The van der Waals surface area contributed by atoms with Crippen LogP contribution in [-0.4, -0.2) is 18.4 Å². The van der Waals surface area contributed by atoms with Crippen LogP contribution in [0.25, 0.3) is 11.0 Å². The molecule has 0 atom stereocenters. The maximum atomic E-state index is 12.4. The largest absolute Gasteiger partial charge is 0.451 e. The number of carbonyl (C=O) groups excluding carboxylic acids is 2. The smallest absolute Gasteiger partial charge is 0.291 e. The summed E-state index contributed by atoms with van der Waals surface area (Å²) in [7, 11) is 0. The molecule has 2 heterocycles. The quantitative estimate of drug-likeness (QED) is 0.785. The molecule has 1 aromatic heterocycles. The Labute approximate surface area is 138 Å². The molecule has 3 aromatic rings. The lowest BCUT2D eigenvalue weighted by Crippen LogP contribution is -2.25. The number of hydrogen-bond donors (Lipinski definition) is 1. The molecule has 4 rings (SSSR count). The normalized spacial score (nSPS) is 13.1. The maximum absolute atomic E-state index is 12.4. The number of fused-ring (bicyclic) bond motifs is 2. The van der Waals surface area contributed by atoms with Crippen molar-refractivity contribution in [2.45, 2.75) is 13.3 Å². The molecule has 0 bridgehead atoms. The van der Waals surface area contributed by atoms with Crippen molar-refractivity contribution in [3.8, 4) is 0 Å². The Bertz CT molecular complexity index is 925. The number of furan rings is 1. The second-order valence-electron chi connectivity index (χ2n) is 5.87. The van der Waals surface area contributed by atoms with Crippen molar-refractivity contribution in [2.24, 2.45) is 0 Å². The van der Waals surface area contributed by atoms with Crippen molar-refractivity contribution in [1.82, 2.24) is 0 Å². The van der Waals surface area contributed by atoms with Gasteiger partial charge in [0.1, 0.15) is 5.58 Å². The third-order valence-electron chi connectivity index (χ3n) is 4.27. The number of nitrogens with zero attached hydrogens (tertiary/aromatic N) is 1. The van der Waals surface area contributed by atoms with Gasteiger partial charge >= 0.3 is 0 Å². The second-order valence-corrected chi connectivity index (χ2v) is 5.87. The summed E-state index contributed by atoms with van der Waals surface area (Å²) in [6, 6.07) is 14.8. The van der Waals surface area contributed by atoms with Gasteiger partial charge in [0.05, 0.1) is 0 Å². The number of amides is 2. The number of rotatable bonds is 2. The minimum atomic E-state index is -0.307. The monoisotopic (exact) mass is 320 g/mol. The first kappa shape index (κ1) is 14.5. The van der Waals surface area contributed by atoms with E-state index < -0.39 is 0 Å². The topological polar surface area (TPSA) is 62.6 Å². The van der Waals surface area contributed by atoms with Gasteiger partial charge in [-0.1, -0.05) is 24.3 Å². The van der Waals surface area contributed by atoms with Crippen molar-refractivity contribution in [2.75, 3.05) is 16.8 Å². The first-order valence-electron chi connectivity index (χ1n) is 7.83. The van der Waals surface area contributed by atoms with Gasteiger partial charge in [-0.05, 0) is 36.2 Å². The SMILES string of the molecule is CC(=O)N1CCc2ccc(NC(=O)c3cc4ccccc4o3)cc21. The van der Waals surface area contributed by atoms with Gasteiger partial charge in [0.2, 0.25) is 5.91 Å². The van der Waals surface area contributed by atoms with Crippen LogP contribution in [-0.2, 0) is 11.2 Å². The average molecular weight is 320 g/mol. The molecule has 2 aromatic carbocycles. The lowest BCUT2D eigenvalue weighted by atomic mass is 10.1. The number of carbonyl (C=O) groups is 2. The predicted molar refractivity (Wildman–Crippen MR) is 92.3 cm³/mol. The first-order chi connectivity index (χ1) is 11.6. The van der Waals surface area contributed by atoms with Crippen molar-refractivity contribution in [1.29, 1.82) is 0 Å². The third-order valence-corrected chi connectivity index (χ3v) is 4.27. The second kappa shape index (κ2) is 5.53. The van der Waals surface area contributed by atoms with Gasteiger partial charge in [-0.2, -0.15) is 0 Å². The standard InChI is InChI=1S/C19H16N2O3/c1-12(22)21-9-8-13-6-7-15(11-16(13)21)20-19(23)18-10-14-4-2-3-5-17(14)24-18/h2-7,10-11H,8-9H2,1H3,(H,20,23). The first-order valence-corrected chi connectivity index (χ1v) is 7.83. The Kier molecular flexibility index (Phi) is 3.34. The summed E-state index contributed by atoms with van der Waals surface area (Å²) in [6.45, 7) is 2.24. The van der Waals surface area contributed by atoms with E-state index in [0.29, 0.717) is 17.8 Å². The molecule has 1 N–H and O–H groups in total. The van der Waals surface area contributed by atoms with E-state index in [1.807, 2.05) is 42.5 Å². The highest BCUT2D eigenvalue weighted by molar-refractivity contribution is 6.05. The van der Waals surface area contributed by atoms with Crippen LogP contribution in [0.2, 0.25) is 0 Å². The number of nitrogens with one attached hydrogen (secondary N) is 1. The van der Waals surface area contributed by atoms with Crippen LogP contribution in [0.1, 0.15) is 23.0 Å². The summed E-state index contributed by atoms with van der Waals surface area (Å²) in [4.78, 5) is 25.8. The van der Waals surface area contributed by atoms with Crippen LogP contribution in [0.15, 0.2) is 52.9 Å². The Morgan fingerprint density at radius 1 is 1.12 bits per heavy atom. The highest BCUT2D eigenvalue weighted by Crippen LogP contribution is 2.31. The minimum absolute atomic E-state index is 0.00881. The average Bonchev–Trinajstić information content (AvgIpc) is 3.18. The van der Waals surface area contributed by atoms with Gasteiger partial charge in [0.25, 0.3) is 5.91 Å². The highest BCUT2D eigenvalue weighted by Gasteiger charge is 2.23. The zero-order valence-corrected chi connectivity index (χ0v) is 13.2. The third kappa shape index (κ3) is 2.44. The van der Waals surface area contributed by atoms with Crippen LogP contribution in [0.3, 0.4) is 0 Å². The van der Waals surface area contributed by atoms with Crippen molar-refractivity contribution < 1.29 is 14.0 Å². The fourth-order valence-electron chi connectivity index (χ4n) is 3.07. The van der Waals surface area contributed by atoms with Crippen molar-refractivity contribution in [3.05, 3.63) is 59.9 Å². The van der Waals surface area contributed by atoms with Gasteiger partial charge in [0.15, 0.2) is 5.76 Å². The number of benzene rings is 2. The van der Waals surface area contributed by atoms with E-state index in [1.165, 1.54) is 0 Å². The molecule has 0 spiro atoms. The van der Waals surface area contributed by atoms with E-state index >= 15 is 0 Å². The molecule has 120 valence electrons. The molecule has 1 aliphatic rings. The lowest BCUT2D eigenvalue weighted by molar-refractivity contribution is -0.116. The molecule has 1 aliphatic heterocycles. The lowest BCUT2D eigenvalue weighted by Gasteiger charge is -2.15. The zero-order chi connectivity index (χ0) is 16.7. The summed E-state index contributed by atoms with van der Waals surface area (Å²) in [6.07, 6.45) is 0.840. The van der Waals surface area contributed by atoms with Gasteiger partial charge in [-0.3, -0.25) is 9.59 Å². The molecule has 0 saturated heterocycles. The van der Waals surface area contributed by atoms with E-state index in [1.54, 1.807) is 17.9 Å². The van der Waals surface area contributed by atoms with Crippen molar-refractivity contribution >= 4 is 34.2 Å². The molecule has 0 radical (unpaired) electrons. The minimum Gasteiger partial charge on any atom is -0.451 e. The summed E-state index contributed by atoms with van der Waals surface area (Å²) in [5, 5.41) is 3.73. The van der Waals surface area contributed by atoms with Crippen LogP contribution in [0.4, 0.5) is 11.4 Å². The summed E-state index contributed by atoms with van der Waals surface area (Å²) in [5.74, 6) is -0.0341. The Hall–Kier alpha value is -3.08. The Morgan fingerprint density at radius 3 is 2.75 bits per heavy atom. The predicted octanol–water partition coefficient (Wildman–Crippen LogP) is 3.59. The van der Waals surface area contributed by atoms with E-state index in [2.05, 4.69) is 5.32 Å². The number of anilines is 2. The highest BCUT2D eigenvalue weighted by atomic mass is 16.3. The molecular formula is C19H16N2O3. The van der Waals surface area contributed by atoms with Crippen LogP contribution >= 0.6 is 0 Å². The fourth-order valence-corrected chi connectivity index (χ4v) is 3.07. The molecule has 5 nitrogen and oxygen atoms in total. The molecule has 0 saturated carbocycles. The van der Waals surface area contributed by atoms with E-state index in [-0.39, 0.29) is 17.6 Å². The molecule has 0 unspecified atom stereocenters. The number of para-hydroxylation sites is 1. The fraction of sp³-hybridized carbons (Fsp3) is 0.158. The molecule has 24 heavy (non-hydrogen) atoms. The molecule has 5 heteroatoms. The van der Waals surface area contributed by atoms with Crippen molar-refractivity contribution in [3.63, 3.8) is 0 Å². The summed E-state index contributed by atoms with van der Waals surface area (Å²) in [5.41, 5.74) is 3.31. The Morgan fingerprint density at radius 2 is 1.96 bits per heavy atom. The molecular weight excluding hydrogens is 304 g/mol. The summed E-state index contributed by atoms with van der Waals surface area (Å²) < 4.78 is 5.58. The van der Waals surface area contributed by atoms with Gasteiger partial charge in [-0.25, -0.2) is 0 Å². The summed E-state index contributed by atoms with van der Waals surface area (Å²) >= 11 is 0. The zero-order valence-electron chi connectivity index (χ0n) is 13.2. The van der Waals surface area contributed by atoms with E-state index in [4.69, 9.17) is 4.42 Å². The number of hydrogen-bond acceptors (Lipinski definition) is 3. The van der Waals surface area contributed by atoms with Crippen LogP contribution < -0.4 is 10.2 Å². The molecule has 2 amide bonds. The van der Waals surface area contributed by atoms with Gasteiger partial charge in [-0.15, -0.1) is 0 Å². The van der Waals surface area contributed by atoms with E-state index in [9.17, 15) is 9.59 Å². The molecule has 0 aliphatic carbocycles. The van der Waals surface area contributed by atoms with Crippen LogP contribution in [0, 0.1) is 0 Å².